The minimum absolute atomic E-state index is 0.203. The van der Waals surface area contributed by atoms with Gasteiger partial charge in [-0.3, -0.25) is 0 Å². The minimum Gasteiger partial charge on any atom is -0.348 e. The molecule has 0 aromatic rings. The number of likely N-dealkylation sites (tertiary alicyclic amines) is 1. The van der Waals surface area contributed by atoms with Crippen molar-refractivity contribution in [2.24, 2.45) is 11.7 Å². The molecule has 0 saturated carbocycles. The van der Waals surface area contributed by atoms with Crippen LogP contribution in [0.25, 0.3) is 0 Å². The third-order valence-electron chi connectivity index (χ3n) is 3.63. The highest BCUT2D eigenvalue weighted by atomic mass is 16.7. The second kappa shape index (κ2) is 5.00. The molecule has 0 aromatic heterocycles. The van der Waals surface area contributed by atoms with Gasteiger partial charge >= 0.3 is 0 Å². The zero-order valence-electron chi connectivity index (χ0n) is 10.4. The fraction of sp³-hybridized carbons (Fsp3) is 1.00. The van der Waals surface area contributed by atoms with E-state index in [1.54, 1.807) is 0 Å². The summed E-state index contributed by atoms with van der Waals surface area (Å²) < 4.78 is 11.8. The van der Waals surface area contributed by atoms with E-state index in [0.29, 0.717) is 19.1 Å². The quantitative estimate of drug-likeness (QED) is 0.773. The van der Waals surface area contributed by atoms with E-state index >= 15 is 0 Å². The van der Waals surface area contributed by atoms with Crippen molar-refractivity contribution in [1.82, 2.24) is 4.90 Å². The molecule has 2 aliphatic heterocycles. The molecule has 0 radical (unpaired) electrons. The summed E-state index contributed by atoms with van der Waals surface area (Å²) in [7, 11) is 2.18. The van der Waals surface area contributed by atoms with Crippen LogP contribution < -0.4 is 5.73 Å². The van der Waals surface area contributed by atoms with Crippen LogP contribution >= 0.6 is 0 Å². The number of nitrogens with zero attached hydrogens (tertiary/aromatic N) is 1. The highest BCUT2D eigenvalue weighted by molar-refractivity contribution is 4.82. The van der Waals surface area contributed by atoms with Crippen LogP contribution in [-0.4, -0.2) is 50.1 Å². The van der Waals surface area contributed by atoms with Gasteiger partial charge in [-0.1, -0.05) is 0 Å². The van der Waals surface area contributed by atoms with Crippen molar-refractivity contribution in [1.29, 1.82) is 0 Å². The fourth-order valence-electron chi connectivity index (χ4n) is 2.84. The molecule has 4 heteroatoms. The average Bonchev–Trinajstić information content (AvgIpc) is 2.75. The first kappa shape index (κ1) is 12.3. The Morgan fingerprint density at radius 2 is 2.31 bits per heavy atom. The Morgan fingerprint density at radius 1 is 1.50 bits per heavy atom. The van der Waals surface area contributed by atoms with Crippen LogP contribution in [0.4, 0.5) is 0 Å². The molecule has 4 nitrogen and oxygen atoms in total. The van der Waals surface area contributed by atoms with Gasteiger partial charge < -0.3 is 20.1 Å². The molecular weight excluding hydrogens is 204 g/mol. The third-order valence-corrected chi connectivity index (χ3v) is 3.63. The van der Waals surface area contributed by atoms with Crippen molar-refractivity contribution in [3.8, 4) is 0 Å². The zero-order chi connectivity index (χ0) is 11.6. The van der Waals surface area contributed by atoms with Gasteiger partial charge in [0.1, 0.15) is 0 Å². The van der Waals surface area contributed by atoms with Gasteiger partial charge in [0.25, 0.3) is 0 Å². The maximum absolute atomic E-state index is 5.97. The normalized spacial score (nSPS) is 40.7. The van der Waals surface area contributed by atoms with Crippen molar-refractivity contribution >= 4 is 0 Å². The first-order chi connectivity index (χ1) is 7.61. The van der Waals surface area contributed by atoms with Crippen molar-refractivity contribution < 1.29 is 9.47 Å². The average molecular weight is 228 g/mol. The van der Waals surface area contributed by atoms with E-state index < -0.39 is 0 Å². The number of ether oxygens (including phenoxy) is 2. The summed E-state index contributed by atoms with van der Waals surface area (Å²) in [5, 5.41) is 0. The van der Waals surface area contributed by atoms with Gasteiger partial charge in [0.2, 0.25) is 0 Å². The van der Waals surface area contributed by atoms with Crippen molar-refractivity contribution in [3.63, 3.8) is 0 Å². The van der Waals surface area contributed by atoms with Gasteiger partial charge in [-0.05, 0) is 45.8 Å². The first-order valence-corrected chi connectivity index (χ1v) is 6.32. The molecule has 0 amide bonds. The molecular formula is C12H24N2O2. The molecule has 2 aliphatic rings. The molecule has 0 bridgehead atoms. The summed E-state index contributed by atoms with van der Waals surface area (Å²) in [6.07, 6.45) is 3.38. The van der Waals surface area contributed by atoms with Crippen LogP contribution in [0.3, 0.4) is 0 Å². The number of hydrogen-bond acceptors (Lipinski definition) is 4. The highest BCUT2D eigenvalue weighted by Crippen LogP contribution is 2.33. The summed E-state index contributed by atoms with van der Waals surface area (Å²) in [6, 6.07) is 0. The number of hydrogen-bond donors (Lipinski definition) is 1. The van der Waals surface area contributed by atoms with Crippen molar-refractivity contribution in [3.05, 3.63) is 0 Å². The lowest BCUT2D eigenvalue weighted by Crippen LogP contribution is -2.31. The number of nitrogens with two attached hydrogens (primary N) is 1. The molecule has 16 heavy (non-hydrogen) atoms. The monoisotopic (exact) mass is 228 g/mol. The maximum atomic E-state index is 5.97. The van der Waals surface area contributed by atoms with E-state index in [9.17, 15) is 0 Å². The van der Waals surface area contributed by atoms with Gasteiger partial charge in [-0.25, -0.2) is 0 Å². The Hall–Kier alpha value is -0.160. The van der Waals surface area contributed by atoms with E-state index in [2.05, 4.69) is 18.9 Å². The molecule has 3 unspecified atom stereocenters. The molecule has 2 heterocycles. The van der Waals surface area contributed by atoms with E-state index in [0.717, 1.165) is 12.8 Å². The highest BCUT2D eigenvalue weighted by Gasteiger charge is 2.39. The lowest BCUT2D eigenvalue weighted by Gasteiger charge is -2.26. The summed E-state index contributed by atoms with van der Waals surface area (Å²) in [5.41, 5.74) is 5.54. The zero-order valence-corrected chi connectivity index (χ0v) is 10.4. The van der Waals surface area contributed by atoms with E-state index in [-0.39, 0.29) is 11.9 Å². The molecule has 2 fully saturated rings. The minimum atomic E-state index is -0.365. The second-order valence-corrected chi connectivity index (χ2v) is 5.38. The Balaban J connectivity index is 1.80. The Bertz CT molecular complexity index is 237. The lowest BCUT2D eigenvalue weighted by atomic mass is 9.99. The van der Waals surface area contributed by atoms with Crippen LogP contribution in [0.2, 0.25) is 0 Å². The molecule has 3 atom stereocenters. The van der Waals surface area contributed by atoms with E-state index in [1.807, 2.05) is 0 Å². The third kappa shape index (κ3) is 2.94. The van der Waals surface area contributed by atoms with Gasteiger partial charge in [0.15, 0.2) is 5.79 Å². The van der Waals surface area contributed by atoms with Crippen molar-refractivity contribution in [2.75, 3.05) is 33.3 Å². The van der Waals surface area contributed by atoms with Crippen LogP contribution in [0.5, 0.6) is 0 Å². The predicted molar refractivity (Wildman–Crippen MR) is 63.1 cm³/mol. The largest absolute Gasteiger partial charge is 0.348 e. The molecule has 2 saturated heterocycles. The fourth-order valence-corrected chi connectivity index (χ4v) is 2.84. The van der Waals surface area contributed by atoms with Crippen molar-refractivity contribution in [2.45, 2.75) is 38.1 Å². The van der Waals surface area contributed by atoms with Crippen LogP contribution in [-0.2, 0) is 9.47 Å². The topological polar surface area (TPSA) is 47.7 Å². The summed E-state index contributed by atoms with van der Waals surface area (Å²) in [5.74, 6) is 0.349. The molecule has 0 spiro atoms. The second-order valence-electron chi connectivity index (χ2n) is 5.38. The van der Waals surface area contributed by atoms with Gasteiger partial charge in [0.05, 0.1) is 12.7 Å². The first-order valence-electron chi connectivity index (χ1n) is 6.32. The number of rotatable bonds is 4. The molecule has 2 N–H and O–H groups in total. The predicted octanol–water partition coefficient (Wildman–Crippen LogP) is 0.809. The SMILES string of the molecule is CN1CCC(CC2(C)OCC(CCN)O2)C1. The van der Waals surface area contributed by atoms with Gasteiger partial charge in [-0.15, -0.1) is 0 Å². The molecule has 0 aromatic carbocycles. The molecule has 0 aliphatic carbocycles. The lowest BCUT2D eigenvalue weighted by molar-refractivity contribution is -0.165. The Labute approximate surface area is 98.1 Å². The van der Waals surface area contributed by atoms with Crippen LogP contribution in [0, 0.1) is 5.92 Å². The maximum Gasteiger partial charge on any atom is 0.166 e. The van der Waals surface area contributed by atoms with Gasteiger partial charge in [-0.2, -0.15) is 0 Å². The Morgan fingerprint density at radius 3 is 2.94 bits per heavy atom. The van der Waals surface area contributed by atoms with Crippen LogP contribution in [0.1, 0.15) is 26.2 Å². The standard InChI is InChI=1S/C12H24N2O2/c1-12(7-10-4-6-14(2)8-10)15-9-11(16-12)3-5-13/h10-11H,3-9,13H2,1-2H3. The van der Waals surface area contributed by atoms with E-state index in [1.165, 1.54) is 19.5 Å². The summed E-state index contributed by atoms with van der Waals surface area (Å²) in [6.45, 7) is 5.82. The van der Waals surface area contributed by atoms with Crippen LogP contribution in [0.15, 0.2) is 0 Å². The molecule has 94 valence electrons. The summed E-state index contributed by atoms with van der Waals surface area (Å²) >= 11 is 0. The van der Waals surface area contributed by atoms with E-state index in [4.69, 9.17) is 15.2 Å². The summed E-state index contributed by atoms with van der Waals surface area (Å²) in [4.78, 5) is 2.38. The smallest absolute Gasteiger partial charge is 0.166 e. The molecule has 2 rings (SSSR count). The Kier molecular flexibility index (Phi) is 3.85. The van der Waals surface area contributed by atoms with Gasteiger partial charge in [0, 0.05) is 13.0 Å².